The van der Waals surface area contributed by atoms with Gasteiger partial charge in [0, 0.05) is 17.6 Å². The Labute approximate surface area is 94.9 Å². The number of nitrogens with two attached hydrogens (primary N) is 1. The molecule has 2 rings (SSSR count). The monoisotopic (exact) mass is 214 g/mol. The van der Waals surface area contributed by atoms with E-state index in [1.54, 1.807) is 6.20 Å². The van der Waals surface area contributed by atoms with Crippen LogP contribution in [0.15, 0.2) is 42.6 Å². The number of hydrogen-bond donors (Lipinski definition) is 1. The summed E-state index contributed by atoms with van der Waals surface area (Å²) in [4.78, 5) is 4.13. The van der Waals surface area contributed by atoms with E-state index in [4.69, 9.17) is 10.5 Å². The molecule has 82 valence electrons. The molecule has 0 saturated carbocycles. The number of nitrogen functional groups attached to an aromatic ring is 1. The van der Waals surface area contributed by atoms with E-state index < -0.39 is 0 Å². The van der Waals surface area contributed by atoms with Crippen LogP contribution >= 0.6 is 0 Å². The molecule has 0 saturated heterocycles. The fraction of sp³-hybridized carbons (Fsp3) is 0.154. The van der Waals surface area contributed by atoms with Crippen LogP contribution in [0.1, 0.15) is 11.3 Å². The molecule has 0 aliphatic carbocycles. The second kappa shape index (κ2) is 4.66. The number of benzene rings is 1. The van der Waals surface area contributed by atoms with E-state index in [9.17, 15) is 0 Å². The number of anilines is 1. The number of rotatable bonds is 3. The van der Waals surface area contributed by atoms with Crippen LogP contribution in [-0.2, 0) is 6.61 Å². The lowest BCUT2D eigenvalue weighted by Gasteiger charge is -2.06. The third-order valence-corrected chi connectivity index (χ3v) is 2.25. The Morgan fingerprint density at radius 3 is 2.62 bits per heavy atom. The molecule has 2 aromatic rings. The largest absolute Gasteiger partial charge is 0.489 e. The van der Waals surface area contributed by atoms with Crippen molar-refractivity contribution in [3.63, 3.8) is 0 Å². The standard InChI is InChI=1S/C13H14N2O/c1-10-8-11(6-7-15-10)9-16-13-4-2-12(14)3-5-13/h2-8H,9,14H2,1H3. The minimum Gasteiger partial charge on any atom is -0.489 e. The first-order valence-corrected chi connectivity index (χ1v) is 5.14. The number of aryl methyl sites for hydroxylation is 1. The van der Waals surface area contributed by atoms with E-state index in [0.29, 0.717) is 6.61 Å². The predicted octanol–water partition coefficient (Wildman–Crippen LogP) is 2.55. The summed E-state index contributed by atoms with van der Waals surface area (Å²) < 4.78 is 5.62. The van der Waals surface area contributed by atoms with E-state index in [1.165, 1.54) is 0 Å². The van der Waals surface area contributed by atoms with Gasteiger partial charge in [-0.25, -0.2) is 0 Å². The van der Waals surface area contributed by atoms with Crippen LogP contribution in [0.5, 0.6) is 5.75 Å². The van der Waals surface area contributed by atoms with Crippen molar-refractivity contribution in [2.45, 2.75) is 13.5 Å². The minimum absolute atomic E-state index is 0.549. The van der Waals surface area contributed by atoms with Crippen LogP contribution < -0.4 is 10.5 Å². The highest BCUT2D eigenvalue weighted by Gasteiger charge is 1.96. The van der Waals surface area contributed by atoms with Crippen molar-refractivity contribution in [3.8, 4) is 5.75 Å². The molecule has 0 radical (unpaired) electrons. The summed E-state index contributed by atoms with van der Waals surface area (Å²) in [6.07, 6.45) is 1.79. The Balaban J connectivity index is 1.99. The summed E-state index contributed by atoms with van der Waals surface area (Å²) in [6, 6.07) is 11.3. The topological polar surface area (TPSA) is 48.1 Å². The quantitative estimate of drug-likeness (QED) is 0.799. The fourth-order valence-corrected chi connectivity index (χ4v) is 1.42. The molecule has 3 nitrogen and oxygen atoms in total. The summed E-state index contributed by atoms with van der Waals surface area (Å²) >= 11 is 0. The Hall–Kier alpha value is -2.03. The lowest BCUT2D eigenvalue weighted by molar-refractivity contribution is 0.306. The molecule has 0 unspecified atom stereocenters. The molecule has 0 aliphatic heterocycles. The first-order valence-electron chi connectivity index (χ1n) is 5.14. The van der Waals surface area contributed by atoms with Crippen molar-refractivity contribution in [3.05, 3.63) is 53.9 Å². The number of ether oxygens (including phenoxy) is 1. The maximum absolute atomic E-state index is 5.62. The van der Waals surface area contributed by atoms with Crippen molar-refractivity contribution in [2.24, 2.45) is 0 Å². The highest BCUT2D eigenvalue weighted by molar-refractivity contribution is 5.41. The third kappa shape index (κ3) is 2.73. The summed E-state index contributed by atoms with van der Waals surface area (Å²) in [6.45, 7) is 2.51. The maximum Gasteiger partial charge on any atom is 0.119 e. The Morgan fingerprint density at radius 2 is 1.94 bits per heavy atom. The van der Waals surface area contributed by atoms with Crippen LogP contribution in [0.2, 0.25) is 0 Å². The van der Waals surface area contributed by atoms with Gasteiger partial charge in [-0.05, 0) is 48.9 Å². The summed E-state index contributed by atoms with van der Waals surface area (Å²) in [5.74, 6) is 0.823. The normalized spacial score (nSPS) is 10.1. The van der Waals surface area contributed by atoms with Crippen LogP contribution in [0.3, 0.4) is 0 Å². The van der Waals surface area contributed by atoms with Gasteiger partial charge >= 0.3 is 0 Å². The molecular weight excluding hydrogens is 200 g/mol. The number of aromatic nitrogens is 1. The lowest BCUT2D eigenvalue weighted by Crippen LogP contribution is -1.96. The second-order valence-electron chi connectivity index (χ2n) is 3.66. The minimum atomic E-state index is 0.549. The molecule has 1 aromatic carbocycles. The highest BCUT2D eigenvalue weighted by Crippen LogP contribution is 2.14. The molecule has 1 heterocycles. The van der Waals surface area contributed by atoms with Gasteiger partial charge < -0.3 is 10.5 Å². The van der Waals surface area contributed by atoms with Crippen molar-refractivity contribution >= 4 is 5.69 Å². The van der Waals surface area contributed by atoms with Gasteiger partial charge in [0.1, 0.15) is 12.4 Å². The third-order valence-electron chi connectivity index (χ3n) is 2.25. The van der Waals surface area contributed by atoms with Gasteiger partial charge in [0.2, 0.25) is 0 Å². The van der Waals surface area contributed by atoms with Crippen molar-refractivity contribution in [1.29, 1.82) is 0 Å². The predicted molar refractivity (Wildman–Crippen MR) is 64.2 cm³/mol. The Morgan fingerprint density at radius 1 is 1.19 bits per heavy atom. The second-order valence-corrected chi connectivity index (χ2v) is 3.66. The van der Waals surface area contributed by atoms with Crippen LogP contribution in [0, 0.1) is 6.92 Å². The number of pyridine rings is 1. The Kier molecular flexibility index (Phi) is 3.05. The first-order chi connectivity index (χ1) is 7.74. The molecule has 0 spiro atoms. The van der Waals surface area contributed by atoms with Crippen LogP contribution in [-0.4, -0.2) is 4.98 Å². The summed E-state index contributed by atoms with van der Waals surface area (Å²) in [5, 5.41) is 0. The van der Waals surface area contributed by atoms with Gasteiger partial charge in [0.25, 0.3) is 0 Å². The fourth-order valence-electron chi connectivity index (χ4n) is 1.42. The number of hydrogen-bond acceptors (Lipinski definition) is 3. The SMILES string of the molecule is Cc1cc(COc2ccc(N)cc2)ccn1. The van der Waals surface area contributed by atoms with Gasteiger partial charge in [-0.15, -0.1) is 0 Å². The van der Waals surface area contributed by atoms with E-state index in [1.807, 2.05) is 43.3 Å². The van der Waals surface area contributed by atoms with E-state index in [-0.39, 0.29) is 0 Å². The molecule has 3 heteroatoms. The van der Waals surface area contributed by atoms with E-state index in [0.717, 1.165) is 22.7 Å². The van der Waals surface area contributed by atoms with Gasteiger partial charge in [-0.1, -0.05) is 0 Å². The zero-order valence-corrected chi connectivity index (χ0v) is 9.18. The average molecular weight is 214 g/mol. The zero-order valence-electron chi connectivity index (χ0n) is 9.18. The maximum atomic E-state index is 5.62. The number of nitrogens with zero attached hydrogens (tertiary/aromatic N) is 1. The molecule has 0 atom stereocenters. The molecule has 16 heavy (non-hydrogen) atoms. The molecular formula is C13H14N2O. The van der Waals surface area contributed by atoms with Crippen molar-refractivity contribution in [2.75, 3.05) is 5.73 Å². The first kappa shape index (κ1) is 10.5. The van der Waals surface area contributed by atoms with Gasteiger partial charge in [0.05, 0.1) is 0 Å². The Bertz CT molecular complexity index is 466. The average Bonchev–Trinajstić information content (AvgIpc) is 2.28. The molecule has 0 fully saturated rings. The summed E-state index contributed by atoms with van der Waals surface area (Å²) in [7, 11) is 0. The van der Waals surface area contributed by atoms with Gasteiger partial charge in [-0.3, -0.25) is 4.98 Å². The van der Waals surface area contributed by atoms with Crippen molar-refractivity contribution < 1.29 is 4.74 Å². The van der Waals surface area contributed by atoms with E-state index >= 15 is 0 Å². The zero-order chi connectivity index (χ0) is 11.4. The van der Waals surface area contributed by atoms with Crippen LogP contribution in [0.25, 0.3) is 0 Å². The van der Waals surface area contributed by atoms with E-state index in [2.05, 4.69) is 4.98 Å². The molecule has 0 amide bonds. The summed E-state index contributed by atoms with van der Waals surface area (Å²) in [5.41, 5.74) is 8.45. The molecule has 0 aliphatic rings. The van der Waals surface area contributed by atoms with Gasteiger partial charge in [0.15, 0.2) is 0 Å². The van der Waals surface area contributed by atoms with Crippen molar-refractivity contribution in [1.82, 2.24) is 4.98 Å². The molecule has 2 N–H and O–H groups in total. The smallest absolute Gasteiger partial charge is 0.119 e. The van der Waals surface area contributed by atoms with Crippen LogP contribution in [0.4, 0.5) is 5.69 Å². The van der Waals surface area contributed by atoms with Gasteiger partial charge in [-0.2, -0.15) is 0 Å². The lowest BCUT2D eigenvalue weighted by atomic mass is 10.2. The molecule has 1 aromatic heterocycles. The highest BCUT2D eigenvalue weighted by atomic mass is 16.5. The molecule has 0 bridgehead atoms.